The number of hydrogen-bond donors (Lipinski definition) is 3. The molecular formula is C16H16ClFN2O2. The number of hydrogen-bond acceptors (Lipinski definition) is 2. The fraction of sp³-hybridized carbons (Fsp3) is 0.188. The minimum absolute atomic E-state index is 0.000939. The molecule has 0 saturated carbocycles. The van der Waals surface area contributed by atoms with Crippen LogP contribution in [0.25, 0.3) is 0 Å². The molecule has 0 aliphatic carbocycles. The Kier molecular flexibility index (Phi) is 5.35. The molecule has 2 aromatic carbocycles. The molecule has 0 aliphatic heterocycles. The van der Waals surface area contributed by atoms with Crippen LogP contribution in [-0.2, 0) is 0 Å². The highest BCUT2D eigenvalue weighted by atomic mass is 35.5. The molecule has 0 saturated heterocycles. The van der Waals surface area contributed by atoms with Crippen LogP contribution in [0.5, 0.6) is 0 Å². The van der Waals surface area contributed by atoms with Crippen molar-refractivity contribution in [2.24, 2.45) is 0 Å². The number of aryl methyl sites for hydroxylation is 1. The third-order valence-corrected chi connectivity index (χ3v) is 3.34. The monoisotopic (exact) mass is 322 g/mol. The number of amides is 2. The predicted molar refractivity (Wildman–Crippen MR) is 84.6 cm³/mol. The number of halogens is 2. The zero-order valence-electron chi connectivity index (χ0n) is 11.9. The molecular weight excluding hydrogens is 307 g/mol. The molecule has 2 amide bonds. The predicted octanol–water partition coefficient (Wildman–Crippen LogP) is 3.64. The highest BCUT2D eigenvalue weighted by Crippen LogP contribution is 2.17. The van der Waals surface area contributed by atoms with Gasteiger partial charge in [-0.15, -0.1) is 0 Å². The number of rotatable bonds is 4. The molecule has 4 nitrogen and oxygen atoms in total. The number of aliphatic hydroxyl groups is 1. The second kappa shape index (κ2) is 7.24. The molecule has 116 valence electrons. The minimum atomic E-state index is -0.870. The van der Waals surface area contributed by atoms with Gasteiger partial charge in [0.15, 0.2) is 0 Å². The highest BCUT2D eigenvalue weighted by Gasteiger charge is 2.11. The van der Waals surface area contributed by atoms with Crippen LogP contribution in [0.2, 0.25) is 5.02 Å². The maximum Gasteiger partial charge on any atom is 0.319 e. The molecule has 1 atom stereocenters. The van der Waals surface area contributed by atoms with E-state index in [2.05, 4.69) is 10.6 Å². The summed E-state index contributed by atoms with van der Waals surface area (Å²) in [5, 5.41) is 15.4. The molecule has 0 spiro atoms. The Labute approximate surface area is 132 Å². The molecule has 22 heavy (non-hydrogen) atoms. The third kappa shape index (κ3) is 4.44. The molecule has 0 fully saturated rings. The Balaban J connectivity index is 1.88. The van der Waals surface area contributed by atoms with Crippen molar-refractivity contribution in [2.45, 2.75) is 13.0 Å². The summed E-state index contributed by atoms with van der Waals surface area (Å²) in [6.07, 6.45) is -0.870. The van der Waals surface area contributed by atoms with Gasteiger partial charge in [0.25, 0.3) is 0 Å². The number of carbonyl (C=O) groups is 1. The molecule has 2 aromatic rings. The maximum atomic E-state index is 13.6. The number of benzene rings is 2. The van der Waals surface area contributed by atoms with Crippen molar-refractivity contribution < 1.29 is 14.3 Å². The lowest BCUT2D eigenvalue weighted by atomic mass is 10.1. The molecule has 1 unspecified atom stereocenters. The molecule has 2 rings (SSSR count). The largest absolute Gasteiger partial charge is 0.387 e. The van der Waals surface area contributed by atoms with E-state index in [0.29, 0.717) is 10.6 Å². The van der Waals surface area contributed by atoms with Gasteiger partial charge < -0.3 is 15.7 Å². The molecule has 0 aliphatic rings. The van der Waals surface area contributed by atoms with Gasteiger partial charge in [0.05, 0.1) is 11.8 Å². The van der Waals surface area contributed by atoms with Crippen molar-refractivity contribution >= 4 is 23.3 Å². The standard InChI is InChI=1S/C16H16ClFN2O2/c1-10-2-7-14(13(18)8-10)20-16(22)19-9-15(21)11-3-5-12(17)6-4-11/h2-8,15,21H,9H2,1H3,(H2,19,20,22). The van der Waals surface area contributed by atoms with Gasteiger partial charge in [-0.05, 0) is 42.3 Å². The van der Waals surface area contributed by atoms with Gasteiger partial charge in [0, 0.05) is 11.6 Å². The summed E-state index contributed by atoms with van der Waals surface area (Å²) >= 11 is 5.76. The van der Waals surface area contributed by atoms with Crippen molar-refractivity contribution in [2.75, 3.05) is 11.9 Å². The van der Waals surface area contributed by atoms with Crippen LogP contribution in [0.1, 0.15) is 17.2 Å². The quantitative estimate of drug-likeness (QED) is 0.804. The smallest absolute Gasteiger partial charge is 0.319 e. The highest BCUT2D eigenvalue weighted by molar-refractivity contribution is 6.30. The lowest BCUT2D eigenvalue weighted by Crippen LogP contribution is -2.32. The van der Waals surface area contributed by atoms with Crippen molar-refractivity contribution in [1.29, 1.82) is 0 Å². The summed E-state index contributed by atoms with van der Waals surface area (Å²) < 4.78 is 13.6. The van der Waals surface area contributed by atoms with Crippen LogP contribution in [0.15, 0.2) is 42.5 Å². The van der Waals surface area contributed by atoms with Crippen LogP contribution >= 0.6 is 11.6 Å². The minimum Gasteiger partial charge on any atom is -0.387 e. The van der Waals surface area contributed by atoms with E-state index in [0.717, 1.165) is 5.56 Å². The lowest BCUT2D eigenvalue weighted by molar-refractivity contribution is 0.175. The summed E-state index contributed by atoms with van der Waals surface area (Å²) in [6.45, 7) is 1.76. The van der Waals surface area contributed by atoms with Gasteiger partial charge in [-0.2, -0.15) is 0 Å². The van der Waals surface area contributed by atoms with Gasteiger partial charge in [0.2, 0.25) is 0 Å². The van der Waals surface area contributed by atoms with E-state index in [9.17, 15) is 14.3 Å². The van der Waals surface area contributed by atoms with E-state index in [1.165, 1.54) is 12.1 Å². The number of nitrogens with one attached hydrogen (secondary N) is 2. The van der Waals surface area contributed by atoms with Crippen molar-refractivity contribution in [3.63, 3.8) is 0 Å². The second-order valence-corrected chi connectivity index (χ2v) is 5.32. The Morgan fingerprint density at radius 3 is 2.59 bits per heavy atom. The topological polar surface area (TPSA) is 61.4 Å². The summed E-state index contributed by atoms with van der Waals surface area (Å²) in [7, 11) is 0. The molecule has 0 aromatic heterocycles. The molecule has 0 bridgehead atoms. The van der Waals surface area contributed by atoms with Crippen LogP contribution in [0.4, 0.5) is 14.9 Å². The van der Waals surface area contributed by atoms with Crippen LogP contribution in [-0.4, -0.2) is 17.7 Å². The van der Waals surface area contributed by atoms with E-state index in [-0.39, 0.29) is 12.2 Å². The first kappa shape index (κ1) is 16.3. The summed E-state index contributed by atoms with van der Waals surface area (Å²) in [5.41, 5.74) is 1.48. The first-order chi connectivity index (χ1) is 10.5. The Bertz CT molecular complexity index is 662. The van der Waals surface area contributed by atoms with Gasteiger partial charge in [-0.1, -0.05) is 29.8 Å². The van der Waals surface area contributed by atoms with Crippen LogP contribution in [0, 0.1) is 12.7 Å². The van der Waals surface area contributed by atoms with Gasteiger partial charge in [0.1, 0.15) is 5.82 Å². The van der Waals surface area contributed by atoms with Gasteiger partial charge >= 0.3 is 6.03 Å². The molecule has 3 N–H and O–H groups in total. The number of carbonyl (C=O) groups excluding carboxylic acids is 1. The van der Waals surface area contributed by atoms with Crippen LogP contribution < -0.4 is 10.6 Å². The molecule has 0 radical (unpaired) electrons. The van der Waals surface area contributed by atoms with Gasteiger partial charge in [-0.3, -0.25) is 0 Å². The number of anilines is 1. The first-order valence-corrected chi connectivity index (χ1v) is 7.08. The fourth-order valence-electron chi connectivity index (χ4n) is 1.88. The van der Waals surface area contributed by atoms with E-state index in [1.54, 1.807) is 37.3 Å². The zero-order chi connectivity index (χ0) is 16.1. The Morgan fingerprint density at radius 1 is 1.27 bits per heavy atom. The van der Waals surface area contributed by atoms with Crippen LogP contribution in [0.3, 0.4) is 0 Å². The SMILES string of the molecule is Cc1ccc(NC(=O)NCC(O)c2ccc(Cl)cc2)c(F)c1. The van der Waals surface area contributed by atoms with E-state index < -0.39 is 18.0 Å². The van der Waals surface area contributed by atoms with Gasteiger partial charge in [-0.25, -0.2) is 9.18 Å². The fourth-order valence-corrected chi connectivity index (χ4v) is 2.01. The normalized spacial score (nSPS) is 11.8. The van der Waals surface area contributed by atoms with Crippen molar-refractivity contribution in [3.8, 4) is 0 Å². The zero-order valence-corrected chi connectivity index (χ0v) is 12.7. The second-order valence-electron chi connectivity index (χ2n) is 4.89. The number of urea groups is 1. The van der Waals surface area contributed by atoms with Crippen molar-refractivity contribution in [3.05, 3.63) is 64.4 Å². The third-order valence-electron chi connectivity index (χ3n) is 3.08. The average molecular weight is 323 g/mol. The van der Waals surface area contributed by atoms with E-state index >= 15 is 0 Å². The Hall–Kier alpha value is -2.11. The van der Waals surface area contributed by atoms with Crippen molar-refractivity contribution in [1.82, 2.24) is 5.32 Å². The summed E-state index contributed by atoms with van der Waals surface area (Å²) in [4.78, 5) is 11.7. The summed E-state index contributed by atoms with van der Waals surface area (Å²) in [5.74, 6) is -0.506. The number of aliphatic hydroxyl groups excluding tert-OH is 1. The average Bonchev–Trinajstić information content (AvgIpc) is 2.48. The maximum absolute atomic E-state index is 13.6. The summed E-state index contributed by atoms with van der Waals surface area (Å²) in [6, 6.07) is 10.6. The van der Waals surface area contributed by atoms with E-state index in [4.69, 9.17) is 11.6 Å². The van der Waals surface area contributed by atoms with E-state index in [1.807, 2.05) is 0 Å². The first-order valence-electron chi connectivity index (χ1n) is 6.70. The molecule has 0 heterocycles. The lowest BCUT2D eigenvalue weighted by Gasteiger charge is -2.13. The Morgan fingerprint density at radius 2 is 1.95 bits per heavy atom. The molecule has 6 heteroatoms.